The van der Waals surface area contributed by atoms with Crippen molar-refractivity contribution in [2.24, 2.45) is 7.05 Å². The second-order valence-corrected chi connectivity index (χ2v) is 6.12. The standard InChI is InChI=1S/C19H18N4O/c1-23-19-17(18(22-23)14-8-5-9-20-12-14)15(11-16(24)21-19)10-13-6-3-2-4-7-13/h2-9,12,15H,10-11H2,1H3,(H,21,24)/t15-/m1/s1. The Bertz CT molecular complexity index is 871. The van der Waals surface area contributed by atoms with Gasteiger partial charge >= 0.3 is 0 Å². The van der Waals surface area contributed by atoms with Gasteiger partial charge in [0, 0.05) is 42.9 Å². The zero-order chi connectivity index (χ0) is 16.5. The molecule has 0 radical (unpaired) electrons. The molecular formula is C19H18N4O. The summed E-state index contributed by atoms with van der Waals surface area (Å²) in [5, 5.41) is 7.63. The molecule has 24 heavy (non-hydrogen) atoms. The van der Waals surface area contributed by atoms with Gasteiger partial charge in [0.25, 0.3) is 0 Å². The molecule has 0 spiro atoms. The molecule has 0 fully saturated rings. The van der Waals surface area contributed by atoms with E-state index in [1.54, 1.807) is 10.9 Å². The minimum absolute atomic E-state index is 0.0455. The first kappa shape index (κ1) is 14.6. The Morgan fingerprint density at radius 2 is 2.04 bits per heavy atom. The molecule has 0 unspecified atom stereocenters. The van der Waals surface area contributed by atoms with Gasteiger partial charge in [-0.05, 0) is 24.1 Å². The Morgan fingerprint density at radius 3 is 2.79 bits per heavy atom. The van der Waals surface area contributed by atoms with Crippen LogP contribution >= 0.6 is 0 Å². The van der Waals surface area contributed by atoms with E-state index < -0.39 is 0 Å². The molecule has 1 amide bonds. The van der Waals surface area contributed by atoms with E-state index in [9.17, 15) is 4.79 Å². The molecule has 1 aliphatic heterocycles. The van der Waals surface area contributed by atoms with Crippen LogP contribution in [-0.2, 0) is 18.3 Å². The summed E-state index contributed by atoms with van der Waals surface area (Å²) in [6.07, 6.45) is 4.86. The lowest BCUT2D eigenvalue weighted by molar-refractivity contribution is -0.116. The lowest BCUT2D eigenvalue weighted by atomic mass is 9.85. The number of fused-ring (bicyclic) bond motifs is 1. The Kier molecular flexibility index (Phi) is 3.61. The molecule has 3 heterocycles. The zero-order valence-electron chi connectivity index (χ0n) is 13.4. The van der Waals surface area contributed by atoms with Gasteiger partial charge in [-0.1, -0.05) is 30.3 Å². The second-order valence-electron chi connectivity index (χ2n) is 6.12. The van der Waals surface area contributed by atoms with Gasteiger partial charge in [-0.2, -0.15) is 5.10 Å². The highest BCUT2D eigenvalue weighted by Gasteiger charge is 2.32. The second kappa shape index (κ2) is 5.92. The minimum atomic E-state index is 0.0455. The average molecular weight is 318 g/mol. The summed E-state index contributed by atoms with van der Waals surface area (Å²) >= 11 is 0. The van der Waals surface area contributed by atoms with Crippen molar-refractivity contribution in [3.05, 3.63) is 66.0 Å². The molecule has 5 nitrogen and oxygen atoms in total. The molecule has 0 aliphatic carbocycles. The number of hydrogen-bond donors (Lipinski definition) is 1. The highest BCUT2D eigenvalue weighted by Crippen LogP contribution is 2.40. The normalized spacial score (nSPS) is 16.5. The molecule has 120 valence electrons. The first-order valence-electron chi connectivity index (χ1n) is 8.03. The van der Waals surface area contributed by atoms with E-state index in [1.807, 2.05) is 43.6 Å². The van der Waals surface area contributed by atoms with Gasteiger partial charge in [0.1, 0.15) is 5.82 Å². The van der Waals surface area contributed by atoms with E-state index >= 15 is 0 Å². The lowest BCUT2D eigenvalue weighted by Crippen LogP contribution is -2.25. The largest absolute Gasteiger partial charge is 0.311 e. The van der Waals surface area contributed by atoms with Crippen LogP contribution in [0.4, 0.5) is 5.82 Å². The molecule has 1 atom stereocenters. The molecule has 1 aromatic carbocycles. The summed E-state index contributed by atoms with van der Waals surface area (Å²) in [6, 6.07) is 14.2. The molecule has 4 rings (SSSR count). The number of anilines is 1. The van der Waals surface area contributed by atoms with Crippen LogP contribution in [0.3, 0.4) is 0 Å². The predicted octanol–water partition coefficient (Wildman–Crippen LogP) is 3.15. The maximum atomic E-state index is 12.2. The van der Waals surface area contributed by atoms with Gasteiger partial charge in [0.2, 0.25) is 5.91 Å². The van der Waals surface area contributed by atoms with Crippen LogP contribution in [0.2, 0.25) is 0 Å². The summed E-state index contributed by atoms with van der Waals surface area (Å²) in [6.45, 7) is 0. The molecule has 5 heteroatoms. The van der Waals surface area contributed by atoms with Gasteiger partial charge in [-0.25, -0.2) is 0 Å². The maximum absolute atomic E-state index is 12.2. The molecule has 0 saturated carbocycles. The van der Waals surface area contributed by atoms with Crippen molar-refractivity contribution >= 4 is 11.7 Å². The summed E-state index contributed by atoms with van der Waals surface area (Å²) in [4.78, 5) is 16.4. The smallest absolute Gasteiger partial charge is 0.226 e. The van der Waals surface area contributed by atoms with Gasteiger partial charge in [0.15, 0.2) is 0 Å². The Balaban J connectivity index is 1.81. The predicted molar refractivity (Wildman–Crippen MR) is 92.6 cm³/mol. The Morgan fingerprint density at radius 1 is 1.21 bits per heavy atom. The van der Waals surface area contributed by atoms with E-state index in [0.29, 0.717) is 6.42 Å². The number of carbonyl (C=O) groups excluding carboxylic acids is 1. The number of pyridine rings is 1. The third kappa shape index (κ3) is 2.58. The van der Waals surface area contributed by atoms with E-state index in [1.165, 1.54) is 5.56 Å². The summed E-state index contributed by atoms with van der Waals surface area (Å²) in [5.41, 5.74) is 4.21. The third-order valence-corrected chi connectivity index (χ3v) is 4.44. The number of nitrogens with one attached hydrogen (secondary N) is 1. The molecule has 0 bridgehead atoms. The molecular weight excluding hydrogens is 300 g/mol. The monoisotopic (exact) mass is 318 g/mol. The fourth-order valence-electron chi connectivity index (χ4n) is 3.37. The van der Waals surface area contributed by atoms with Gasteiger partial charge in [-0.15, -0.1) is 0 Å². The topological polar surface area (TPSA) is 59.8 Å². The van der Waals surface area contributed by atoms with Crippen molar-refractivity contribution in [2.75, 3.05) is 5.32 Å². The third-order valence-electron chi connectivity index (χ3n) is 4.44. The van der Waals surface area contributed by atoms with Crippen molar-refractivity contribution in [1.82, 2.24) is 14.8 Å². The van der Waals surface area contributed by atoms with Gasteiger partial charge in [0.05, 0.1) is 5.69 Å². The SMILES string of the molecule is Cn1nc(-c2cccnc2)c2c1NC(=O)C[C@H]2Cc1ccccc1. The summed E-state index contributed by atoms with van der Waals surface area (Å²) in [7, 11) is 1.86. The van der Waals surface area contributed by atoms with Crippen LogP contribution in [0.15, 0.2) is 54.9 Å². The number of hydrogen-bond acceptors (Lipinski definition) is 3. The van der Waals surface area contributed by atoms with E-state index in [2.05, 4.69) is 27.5 Å². The fourth-order valence-corrected chi connectivity index (χ4v) is 3.37. The first-order valence-corrected chi connectivity index (χ1v) is 8.03. The van der Waals surface area contributed by atoms with Crippen LogP contribution in [0.25, 0.3) is 11.3 Å². The average Bonchev–Trinajstić information content (AvgIpc) is 2.94. The van der Waals surface area contributed by atoms with Crippen LogP contribution in [0.5, 0.6) is 0 Å². The van der Waals surface area contributed by atoms with Crippen molar-refractivity contribution in [2.45, 2.75) is 18.8 Å². The number of amides is 1. The van der Waals surface area contributed by atoms with Crippen molar-refractivity contribution < 1.29 is 4.79 Å². The number of carbonyl (C=O) groups is 1. The van der Waals surface area contributed by atoms with Crippen molar-refractivity contribution in [3.8, 4) is 11.3 Å². The number of rotatable bonds is 3. The molecule has 2 aromatic heterocycles. The number of aryl methyl sites for hydroxylation is 1. The molecule has 0 saturated heterocycles. The lowest BCUT2D eigenvalue weighted by Gasteiger charge is -2.24. The highest BCUT2D eigenvalue weighted by molar-refractivity contribution is 5.95. The summed E-state index contributed by atoms with van der Waals surface area (Å²) < 4.78 is 1.76. The number of benzene rings is 1. The van der Waals surface area contributed by atoms with E-state index in [4.69, 9.17) is 0 Å². The summed E-state index contributed by atoms with van der Waals surface area (Å²) in [5.74, 6) is 0.954. The zero-order valence-corrected chi connectivity index (χ0v) is 13.4. The number of aromatic nitrogens is 3. The van der Waals surface area contributed by atoms with Crippen LogP contribution in [-0.4, -0.2) is 20.7 Å². The van der Waals surface area contributed by atoms with Crippen molar-refractivity contribution in [3.63, 3.8) is 0 Å². The van der Waals surface area contributed by atoms with E-state index in [0.717, 1.165) is 29.1 Å². The van der Waals surface area contributed by atoms with Crippen LogP contribution < -0.4 is 5.32 Å². The van der Waals surface area contributed by atoms with Crippen LogP contribution in [0.1, 0.15) is 23.5 Å². The minimum Gasteiger partial charge on any atom is -0.311 e. The van der Waals surface area contributed by atoms with E-state index in [-0.39, 0.29) is 11.8 Å². The first-order chi connectivity index (χ1) is 11.7. The Hall–Kier alpha value is -2.95. The number of nitrogens with zero attached hydrogens (tertiary/aromatic N) is 3. The van der Waals surface area contributed by atoms with Gasteiger partial charge < -0.3 is 5.32 Å². The Labute approximate surface area is 140 Å². The maximum Gasteiger partial charge on any atom is 0.226 e. The molecule has 1 aliphatic rings. The fraction of sp³-hybridized carbons (Fsp3) is 0.211. The van der Waals surface area contributed by atoms with Crippen LogP contribution in [0, 0.1) is 0 Å². The van der Waals surface area contributed by atoms with Gasteiger partial charge in [-0.3, -0.25) is 14.5 Å². The molecule has 3 aromatic rings. The quantitative estimate of drug-likeness (QED) is 0.807. The van der Waals surface area contributed by atoms with Crippen molar-refractivity contribution in [1.29, 1.82) is 0 Å². The highest BCUT2D eigenvalue weighted by atomic mass is 16.1. The molecule has 1 N–H and O–H groups in total.